The van der Waals surface area contributed by atoms with Crippen LogP contribution >= 0.6 is 0 Å². The molecule has 0 saturated carbocycles. The van der Waals surface area contributed by atoms with Crippen LogP contribution in [0.5, 0.6) is 0 Å². The molecule has 1 fully saturated rings. The van der Waals surface area contributed by atoms with Crippen LogP contribution in [0.3, 0.4) is 0 Å². The van der Waals surface area contributed by atoms with Crippen LogP contribution in [0.2, 0.25) is 0 Å². The van der Waals surface area contributed by atoms with E-state index in [0.29, 0.717) is 24.2 Å². The van der Waals surface area contributed by atoms with Crippen molar-refractivity contribution in [3.63, 3.8) is 0 Å². The van der Waals surface area contributed by atoms with Crippen LogP contribution in [0, 0.1) is 5.82 Å². The molecule has 1 aliphatic heterocycles. The van der Waals surface area contributed by atoms with E-state index < -0.39 is 5.82 Å². The van der Waals surface area contributed by atoms with E-state index in [-0.39, 0.29) is 17.5 Å². The lowest BCUT2D eigenvalue weighted by atomic mass is 10.1. The number of hydrogen-bond donors (Lipinski definition) is 1. The average molecular weight is 363 g/mol. The molecule has 6 heteroatoms. The van der Waals surface area contributed by atoms with Gasteiger partial charge in [0.2, 0.25) is 5.91 Å². The molecule has 0 bridgehead atoms. The monoisotopic (exact) mass is 363 g/mol. The topological polar surface area (TPSA) is 54.3 Å². The molecule has 5 nitrogen and oxygen atoms in total. The van der Waals surface area contributed by atoms with Gasteiger partial charge in [0.15, 0.2) is 0 Å². The first-order chi connectivity index (χ1) is 13.1. The standard InChI is InChI=1S/C21H18FN3O2/c22-18-14-16(8-9-19(18)25-12-4-7-20(25)26)23-21(27)15-5-3-6-17(13-15)24-10-1-2-11-24/h1-3,5-6,8-11,13-14H,4,7,12H2,(H,23,27). The Morgan fingerprint density at radius 1 is 1.04 bits per heavy atom. The number of halogens is 1. The van der Waals surface area contributed by atoms with Gasteiger partial charge in [0.05, 0.1) is 5.69 Å². The van der Waals surface area contributed by atoms with E-state index >= 15 is 0 Å². The molecular formula is C21H18FN3O2. The van der Waals surface area contributed by atoms with Crippen molar-refractivity contribution in [1.82, 2.24) is 4.57 Å². The van der Waals surface area contributed by atoms with Crippen molar-refractivity contribution in [2.24, 2.45) is 0 Å². The Morgan fingerprint density at radius 3 is 2.56 bits per heavy atom. The van der Waals surface area contributed by atoms with Gasteiger partial charge in [0, 0.05) is 42.3 Å². The maximum atomic E-state index is 14.4. The number of benzene rings is 2. The molecule has 0 atom stereocenters. The molecule has 2 heterocycles. The first kappa shape index (κ1) is 17.0. The Bertz CT molecular complexity index is 998. The minimum atomic E-state index is -0.524. The summed E-state index contributed by atoms with van der Waals surface area (Å²) in [6.07, 6.45) is 4.96. The molecule has 136 valence electrons. The fourth-order valence-corrected chi connectivity index (χ4v) is 3.22. The summed E-state index contributed by atoms with van der Waals surface area (Å²) in [5, 5.41) is 2.71. The Balaban J connectivity index is 1.52. The van der Waals surface area contributed by atoms with Gasteiger partial charge < -0.3 is 14.8 Å². The molecule has 0 aliphatic carbocycles. The van der Waals surface area contributed by atoms with E-state index in [9.17, 15) is 14.0 Å². The molecule has 2 aromatic carbocycles. The Labute approximate surface area is 156 Å². The number of amides is 2. The summed E-state index contributed by atoms with van der Waals surface area (Å²) in [4.78, 5) is 25.8. The van der Waals surface area contributed by atoms with Crippen molar-refractivity contribution < 1.29 is 14.0 Å². The van der Waals surface area contributed by atoms with Crippen LogP contribution < -0.4 is 10.2 Å². The third-order valence-corrected chi connectivity index (χ3v) is 4.58. The highest BCUT2D eigenvalue weighted by Gasteiger charge is 2.24. The second kappa shape index (κ2) is 7.07. The molecule has 0 spiro atoms. The van der Waals surface area contributed by atoms with Crippen molar-refractivity contribution in [3.05, 3.63) is 78.4 Å². The number of carbonyl (C=O) groups excluding carboxylic acids is 2. The molecule has 3 aromatic rings. The van der Waals surface area contributed by atoms with E-state index in [2.05, 4.69) is 5.32 Å². The first-order valence-corrected chi connectivity index (χ1v) is 8.76. The molecule has 0 unspecified atom stereocenters. The van der Waals surface area contributed by atoms with Gasteiger partial charge in [0.25, 0.3) is 5.91 Å². The van der Waals surface area contributed by atoms with Crippen molar-refractivity contribution in [2.75, 3.05) is 16.8 Å². The maximum absolute atomic E-state index is 14.4. The van der Waals surface area contributed by atoms with Gasteiger partial charge in [-0.15, -0.1) is 0 Å². The number of nitrogens with zero attached hydrogens (tertiary/aromatic N) is 2. The van der Waals surface area contributed by atoms with E-state index in [0.717, 1.165) is 12.1 Å². The second-order valence-electron chi connectivity index (χ2n) is 6.41. The van der Waals surface area contributed by atoms with Crippen LogP contribution in [0.15, 0.2) is 67.0 Å². The zero-order valence-electron chi connectivity index (χ0n) is 14.6. The highest BCUT2D eigenvalue weighted by Crippen LogP contribution is 2.27. The third kappa shape index (κ3) is 3.46. The summed E-state index contributed by atoms with van der Waals surface area (Å²) in [6.45, 7) is 0.521. The third-order valence-electron chi connectivity index (χ3n) is 4.58. The SMILES string of the molecule is O=C(Nc1ccc(N2CCCC2=O)c(F)c1)c1cccc(-n2cccc2)c1. The smallest absolute Gasteiger partial charge is 0.255 e. The Kier molecular flexibility index (Phi) is 4.46. The Morgan fingerprint density at radius 2 is 1.85 bits per heavy atom. The fraction of sp³-hybridized carbons (Fsp3) is 0.143. The normalized spacial score (nSPS) is 13.8. The van der Waals surface area contributed by atoms with Crippen LogP contribution in [0.25, 0.3) is 5.69 Å². The van der Waals surface area contributed by atoms with Gasteiger partial charge in [-0.05, 0) is 55.0 Å². The largest absolute Gasteiger partial charge is 0.324 e. The molecule has 1 aromatic heterocycles. The zero-order valence-corrected chi connectivity index (χ0v) is 14.6. The van der Waals surface area contributed by atoms with Gasteiger partial charge in [-0.25, -0.2) is 4.39 Å². The van der Waals surface area contributed by atoms with Crippen LogP contribution in [-0.2, 0) is 4.79 Å². The van der Waals surface area contributed by atoms with Crippen LogP contribution in [0.1, 0.15) is 23.2 Å². The predicted molar refractivity (Wildman–Crippen MR) is 102 cm³/mol. The molecule has 0 radical (unpaired) electrons. The molecular weight excluding hydrogens is 345 g/mol. The summed E-state index contributed by atoms with van der Waals surface area (Å²) in [6, 6.07) is 15.4. The summed E-state index contributed by atoms with van der Waals surface area (Å²) >= 11 is 0. The predicted octanol–water partition coefficient (Wildman–Crippen LogP) is 4.00. The van der Waals surface area contributed by atoms with Crippen LogP contribution in [0.4, 0.5) is 15.8 Å². The van der Waals surface area contributed by atoms with E-state index in [4.69, 9.17) is 0 Å². The van der Waals surface area contributed by atoms with Gasteiger partial charge in [-0.2, -0.15) is 0 Å². The lowest BCUT2D eigenvalue weighted by Crippen LogP contribution is -2.24. The minimum absolute atomic E-state index is 0.0764. The minimum Gasteiger partial charge on any atom is -0.324 e. The van der Waals surface area contributed by atoms with Gasteiger partial charge in [0.1, 0.15) is 5.82 Å². The quantitative estimate of drug-likeness (QED) is 0.762. The number of carbonyl (C=O) groups is 2. The average Bonchev–Trinajstić information content (AvgIpc) is 3.34. The molecule has 1 saturated heterocycles. The maximum Gasteiger partial charge on any atom is 0.255 e. The van der Waals surface area contributed by atoms with Crippen molar-refractivity contribution >= 4 is 23.2 Å². The van der Waals surface area contributed by atoms with E-state index in [1.54, 1.807) is 24.3 Å². The van der Waals surface area contributed by atoms with Gasteiger partial charge >= 0.3 is 0 Å². The molecule has 4 rings (SSSR count). The molecule has 2 amide bonds. The van der Waals surface area contributed by atoms with Gasteiger partial charge in [-0.3, -0.25) is 9.59 Å². The van der Waals surface area contributed by atoms with Gasteiger partial charge in [-0.1, -0.05) is 6.07 Å². The number of aromatic nitrogens is 1. The highest BCUT2D eigenvalue weighted by atomic mass is 19.1. The lowest BCUT2D eigenvalue weighted by Gasteiger charge is -2.17. The number of hydrogen-bond acceptors (Lipinski definition) is 2. The summed E-state index contributed by atoms with van der Waals surface area (Å²) < 4.78 is 16.3. The molecule has 1 aliphatic rings. The second-order valence-corrected chi connectivity index (χ2v) is 6.41. The van der Waals surface area contributed by atoms with E-state index in [1.807, 2.05) is 35.2 Å². The van der Waals surface area contributed by atoms with Crippen LogP contribution in [-0.4, -0.2) is 22.9 Å². The van der Waals surface area contributed by atoms with Crippen molar-refractivity contribution in [2.45, 2.75) is 12.8 Å². The summed E-state index contributed by atoms with van der Waals surface area (Å²) in [7, 11) is 0. The summed E-state index contributed by atoms with van der Waals surface area (Å²) in [5.74, 6) is -0.926. The lowest BCUT2D eigenvalue weighted by molar-refractivity contribution is -0.117. The van der Waals surface area contributed by atoms with Crippen molar-refractivity contribution in [1.29, 1.82) is 0 Å². The zero-order chi connectivity index (χ0) is 18.8. The van der Waals surface area contributed by atoms with E-state index in [1.165, 1.54) is 17.0 Å². The Hall–Kier alpha value is -3.41. The highest BCUT2D eigenvalue weighted by molar-refractivity contribution is 6.04. The summed E-state index contributed by atoms with van der Waals surface area (Å²) in [5.41, 5.74) is 1.94. The number of anilines is 2. The molecule has 1 N–H and O–H groups in total. The number of rotatable bonds is 4. The van der Waals surface area contributed by atoms with Crippen molar-refractivity contribution in [3.8, 4) is 5.69 Å². The first-order valence-electron chi connectivity index (χ1n) is 8.76. The fourth-order valence-electron chi connectivity index (χ4n) is 3.22. The number of nitrogens with one attached hydrogen (secondary N) is 1. The molecule has 27 heavy (non-hydrogen) atoms.